The summed E-state index contributed by atoms with van der Waals surface area (Å²) in [5, 5.41) is 2.16. The average molecular weight is 1010 g/mol. The summed E-state index contributed by atoms with van der Waals surface area (Å²) >= 11 is 1.92. The average Bonchev–Trinajstić information content (AvgIpc) is 3.45. The van der Waals surface area contributed by atoms with Crippen LogP contribution in [0.25, 0.3) is 66.4 Å². The molecule has 0 bridgehead atoms. The highest BCUT2D eigenvalue weighted by molar-refractivity contribution is 7.99. The second kappa shape index (κ2) is 18.4. The van der Waals surface area contributed by atoms with Crippen LogP contribution in [0.1, 0.15) is 45.9 Å². The van der Waals surface area contributed by atoms with Crippen molar-refractivity contribution in [1.29, 1.82) is 0 Å². The van der Waals surface area contributed by atoms with E-state index in [1.54, 1.807) is 0 Å². The van der Waals surface area contributed by atoms with E-state index in [9.17, 15) is 0 Å². The Bertz CT molecular complexity index is 4270. The molecule has 78 heavy (non-hydrogen) atoms. The first-order valence-electron chi connectivity index (χ1n) is 26.9. The molecular formula is C75H51NOS. The molecule has 1 spiro atoms. The summed E-state index contributed by atoms with van der Waals surface area (Å²) in [6.07, 6.45) is 0. The fourth-order valence-corrected chi connectivity index (χ4v) is 14.5. The first kappa shape index (κ1) is 45.9. The van der Waals surface area contributed by atoms with Crippen molar-refractivity contribution in [1.82, 2.24) is 0 Å². The fraction of sp³-hybridized carbons (Fsp3) is 0.0400. The highest BCUT2D eigenvalue weighted by Crippen LogP contribution is 2.64. The third-order valence-corrected chi connectivity index (χ3v) is 17.9. The lowest BCUT2D eigenvalue weighted by Gasteiger charge is -2.43. The van der Waals surface area contributed by atoms with Gasteiger partial charge in [0.25, 0.3) is 0 Å². The first-order valence-corrected chi connectivity index (χ1v) is 27.7. The van der Waals surface area contributed by atoms with Crippen LogP contribution in [0, 0.1) is 0 Å². The molecule has 1 aliphatic heterocycles. The van der Waals surface area contributed by atoms with Crippen molar-refractivity contribution in [2.75, 3.05) is 4.90 Å². The molecule has 0 amide bonds. The summed E-state index contributed by atoms with van der Waals surface area (Å²) in [5.41, 5.74) is 22.1. The second-order valence-corrected chi connectivity index (χ2v) is 21.8. The lowest BCUT2D eigenvalue weighted by Crippen LogP contribution is -2.34. The van der Waals surface area contributed by atoms with Gasteiger partial charge in [0.2, 0.25) is 0 Å². The smallest absolute Gasteiger partial charge is 0.143 e. The SMILES string of the molecule is CC(c1ccccc1)(c1cccc2c1Sc1ccccc1C21c2ccccc2-c2ccccc21)c1ccc(-c2ccccc2)c2oc3ccc(N(c4ccc(-c5ccccc5)cc4)c4ccc(-c5ccccc5)cc4)cc3c12. The summed E-state index contributed by atoms with van der Waals surface area (Å²) in [6, 6.07) is 107. The zero-order valence-electron chi connectivity index (χ0n) is 43.0. The predicted molar refractivity (Wildman–Crippen MR) is 325 cm³/mol. The van der Waals surface area contributed by atoms with Gasteiger partial charge in [0.05, 0.1) is 5.41 Å². The molecule has 0 radical (unpaired) electrons. The Hall–Kier alpha value is -9.41. The molecule has 2 aliphatic rings. The van der Waals surface area contributed by atoms with E-state index in [4.69, 9.17) is 4.42 Å². The van der Waals surface area contributed by atoms with Gasteiger partial charge >= 0.3 is 0 Å². The van der Waals surface area contributed by atoms with Crippen molar-refractivity contribution < 1.29 is 4.42 Å². The van der Waals surface area contributed by atoms with Crippen LogP contribution in [-0.4, -0.2) is 0 Å². The zero-order chi connectivity index (χ0) is 51.8. The van der Waals surface area contributed by atoms with Gasteiger partial charge in [-0.05, 0) is 133 Å². The van der Waals surface area contributed by atoms with E-state index in [0.717, 1.165) is 50.1 Å². The van der Waals surface area contributed by atoms with Crippen molar-refractivity contribution in [3.05, 3.63) is 330 Å². The van der Waals surface area contributed by atoms with Gasteiger partial charge in [-0.2, -0.15) is 0 Å². The number of fused-ring (bicyclic) bond motifs is 12. The van der Waals surface area contributed by atoms with Crippen molar-refractivity contribution in [2.24, 2.45) is 0 Å². The second-order valence-electron chi connectivity index (χ2n) is 20.8. The van der Waals surface area contributed by atoms with Gasteiger partial charge in [0, 0.05) is 48.6 Å². The molecule has 15 rings (SSSR count). The molecule has 2 nitrogen and oxygen atoms in total. The van der Waals surface area contributed by atoms with Gasteiger partial charge in [0.1, 0.15) is 11.2 Å². The number of hydrogen-bond donors (Lipinski definition) is 0. The number of anilines is 3. The minimum absolute atomic E-state index is 0.524. The summed E-state index contributed by atoms with van der Waals surface area (Å²) < 4.78 is 7.31. The summed E-state index contributed by atoms with van der Waals surface area (Å²) in [5.74, 6) is 0. The van der Waals surface area contributed by atoms with Crippen molar-refractivity contribution >= 4 is 50.8 Å². The summed E-state index contributed by atoms with van der Waals surface area (Å²) in [6.45, 7) is 2.46. The minimum Gasteiger partial charge on any atom is -0.455 e. The van der Waals surface area contributed by atoms with Gasteiger partial charge in [-0.15, -0.1) is 0 Å². The zero-order valence-corrected chi connectivity index (χ0v) is 43.8. The number of rotatable bonds is 9. The molecule has 2 heterocycles. The Morgan fingerprint density at radius 2 is 0.859 bits per heavy atom. The third-order valence-electron chi connectivity index (χ3n) is 16.7. The van der Waals surface area contributed by atoms with Crippen LogP contribution in [0.3, 0.4) is 0 Å². The van der Waals surface area contributed by atoms with Crippen molar-refractivity contribution in [3.8, 4) is 44.5 Å². The molecule has 0 fully saturated rings. The molecule has 368 valence electrons. The lowest BCUT2D eigenvalue weighted by molar-refractivity contribution is 0.652. The Morgan fingerprint density at radius 3 is 1.46 bits per heavy atom. The van der Waals surface area contributed by atoms with Crippen LogP contribution in [-0.2, 0) is 10.8 Å². The molecule has 1 unspecified atom stereocenters. The topological polar surface area (TPSA) is 16.4 Å². The lowest BCUT2D eigenvalue weighted by atomic mass is 9.64. The van der Waals surface area contributed by atoms with E-state index in [1.807, 2.05) is 11.8 Å². The molecule has 0 N–H and O–H groups in total. The largest absolute Gasteiger partial charge is 0.455 e. The minimum atomic E-state index is -0.689. The standard InChI is InChI=1S/C75H51NOS/c1-74(55-27-12-5-13-28-55,67-34-20-35-68-73(67)78-70-36-19-18-33-65(70)75(68)63-31-16-14-29-60(63)61-30-15-17-32-64(61)75)66-47-46-59(54-25-10-4-11-26-54)72-71(66)62-49-58(45-48-69(62)77-72)76(56-41-37-52(38-42-56)50-21-6-2-7-22-50)57-43-39-53(40-44-57)51-23-8-3-9-24-51/h2-49H,1H3. The van der Waals surface area contributed by atoms with Gasteiger partial charge in [-0.1, -0.05) is 254 Å². The van der Waals surface area contributed by atoms with Crippen molar-refractivity contribution in [3.63, 3.8) is 0 Å². The number of benzene rings is 12. The van der Waals surface area contributed by atoms with Gasteiger partial charge in [0.15, 0.2) is 0 Å². The Labute approximate surface area is 459 Å². The third kappa shape index (κ3) is 7.05. The number of nitrogens with zero attached hydrogens (tertiary/aromatic N) is 1. The van der Waals surface area contributed by atoms with Gasteiger partial charge in [-0.3, -0.25) is 0 Å². The van der Waals surface area contributed by atoms with Crippen LogP contribution in [0.5, 0.6) is 0 Å². The Balaban J connectivity index is 0.991. The maximum atomic E-state index is 7.31. The van der Waals surface area contributed by atoms with Crippen LogP contribution >= 0.6 is 11.8 Å². The molecular weight excluding hydrogens is 963 g/mol. The van der Waals surface area contributed by atoms with Crippen molar-refractivity contribution in [2.45, 2.75) is 27.5 Å². The molecule has 3 heteroatoms. The fourth-order valence-electron chi connectivity index (χ4n) is 13.1. The maximum Gasteiger partial charge on any atom is 0.143 e. The molecule has 12 aromatic carbocycles. The molecule has 0 saturated carbocycles. The van der Waals surface area contributed by atoms with E-state index in [-0.39, 0.29) is 0 Å². The Morgan fingerprint density at radius 1 is 0.372 bits per heavy atom. The highest BCUT2D eigenvalue weighted by atomic mass is 32.2. The predicted octanol–water partition coefficient (Wildman–Crippen LogP) is 20.2. The quantitative estimate of drug-likeness (QED) is 0.134. The van der Waals surface area contributed by atoms with Gasteiger partial charge in [-0.25, -0.2) is 0 Å². The molecule has 1 atom stereocenters. The van der Waals surface area contributed by atoms with Gasteiger partial charge < -0.3 is 9.32 Å². The Kier molecular flexibility index (Phi) is 10.8. The van der Waals surface area contributed by atoms with E-state index in [2.05, 4.69) is 303 Å². The van der Waals surface area contributed by atoms with E-state index in [0.29, 0.717) is 0 Å². The molecule has 1 aliphatic carbocycles. The van der Waals surface area contributed by atoms with Crippen LogP contribution < -0.4 is 4.90 Å². The molecule has 0 saturated heterocycles. The van der Waals surface area contributed by atoms with E-state index >= 15 is 0 Å². The monoisotopic (exact) mass is 1010 g/mol. The number of furan rings is 1. The summed E-state index contributed by atoms with van der Waals surface area (Å²) in [7, 11) is 0. The van der Waals surface area contributed by atoms with Crippen LogP contribution in [0.4, 0.5) is 17.1 Å². The normalized spacial score (nSPS) is 13.6. The van der Waals surface area contributed by atoms with Crippen LogP contribution in [0.15, 0.2) is 305 Å². The van der Waals surface area contributed by atoms with Crippen LogP contribution in [0.2, 0.25) is 0 Å². The first-order chi connectivity index (χ1) is 38.6. The molecule has 13 aromatic rings. The summed E-state index contributed by atoms with van der Waals surface area (Å²) in [4.78, 5) is 4.94. The number of hydrogen-bond acceptors (Lipinski definition) is 3. The highest BCUT2D eigenvalue weighted by Gasteiger charge is 2.51. The maximum absolute atomic E-state index is 7.31. The van der Waals surface area contributed by atoms with E-state index < -0.39 is 10.8 Å². The molecule has 1 aromatic heterocycles. The van der Waals surface area contributed by atoms with E-state index in [1.165, 1.54) is 82.1 Å².